The zero-order valence-corrected chi connectivity index (χ0v) is 7.51. The Morgan fingerprint density at radius 3 is 2.82 bits per heavy atom. The van der Waals surface area contributed by atoms with E-state index < -0.39 is 0 Å². The molecule has 0 N–H and O–H groups in total. The number of fused-ring (bicyclic) bond motifs is 2. The Labute approximate surface area is 69.7 Å². The Morgan fingerprint density at radius 1 is 1.64 bits per heavy atom. The van der Waals surface area contributed by atoms with Gasteiger partial charge < -0.3 is 0 Å². The molecule has 0 amide bonds. The molecule has 2 bridgehead atoms. The minimum absolute atomic E-state index is 0.583. The zero-order valence-electron chi connectivity index (χ0n) is 7.51. The summed E-state index contributed by atoms with van der Waals surface area (Å²) in [6.07, 6.45) is 11.6. The van der Waals surface area contributed by atoms with Crippen LogP contribution in [0.4, 0.5) is 0 Å². The maximum absolute atomic E-state index is 2.48. The van der Waals surface area contributed by atoms with E-state index in [-0.39, 0.29) is 0 Å². The number of rotatable bonds is 2. The van der Waals surface area contributed by atoms with Crippen LogP contribution in [0.15, 0.2) is 12.2 Å². The third-order valence-corrected chi connectivity index (χ3v) is 3.73. The van der Waals surface area contributed by atoms with E-state index in [2.05, 4.69) is 32.4 Å². The molecule has 61 valence electrons. The molecule has 0 aromatic carbocycles. The summed E-state index contributed by atoms with van der Waals surface area (Å²) in [6.45, 7) is 4.55. The Hall–Kier alpha value is -0.260. The van der Waals surface area contributed by atoms with E-state index in [9.17, 15) is 0 Å². The van der Waals surface area contributed by atoms with E-state index in [1.807, 2.05) is 0 Å². The van der Waals surface area contributed by atoms with Crippen LogP contribution in [-0.2, 0) is 0 Å². The second-order valence-corrected chi connectivity index (χ2v) is 4.22. The molecule has 0 spiro atoms. The molecule has 2 aliphatic carbocycles. The van der Waals surface area contributed by atoms with Gasteiger partial charge in [0.1, 0.15) is 0 Å². The van der Waals surface area contributed by atoms with Crippen LogP contribution in [0.25, 0.3) is 0 Å². The van der Waals surface area contributed by atoms with E-state index in [1.165, 1.54) is 19.3 Å². The lowest BCUT2D eigenvalue weighted by atomic mass is 9.75. The second kappa shape index (κ2) is 2.36. The van der Waals surface area contributed by atoms with Crippen molar-refractivity contribution in [3.05, 3.63) is 18.6 Å². The lowest BCUT2D eigenvalue weighted by Crippen LogP contribution is -2.21. The maximum atomic E-state index is 2.48. The summed E-state index contributed by atoms with van der Waals surface area (Å²) < 4.78 is 0. The monoisotopic (exact) mass is 149 g/mol. The van der Waals surface area contributed by atoms with Crippen LogP contribution in [0.2, 0.25) is 0 Å². The average Bonchev–Trinajstić information content (AvgIpc) is 2.62. The lowest BCUT2D eigenvalue weighted by molar-refractivity contribution is 0.293. The van der Waals surface area contributed by atoms with Crippen molar-refractivity contribution in [3.63, 3.8) is 0 Å². The summed E-state index contributed by atoms with van der Waals surface area (Å²) in [5.41, 5.74) is 0.583. The molecular weight excluding hydrogens is 132 g/mol. The molecule has 3 unspecified atom stereocenters. The third kappa shape index (κ3) is 0.953. The van der Waals surface area contributed by atoms with Crippen LogP contribution < -0.4 is 0 Å². The Balaban J connectivity index is 2.17. The summed E-state index contributed by atoms with van der Waals surface area (Å²) in [5.74, 6) is 1.71. The van der Waals surface area contributed by atoms with Crippen molar-refractivity contribution in [1.82, 2.24) is 0 Å². The summed E-state index contributed by atoms with van der Waals surface area (Å²) >= 11 is 0. The molecular formula is C11H17. The van der Waals surface area contributed by atoms with Crippen LogP contribution in [0, 0.1) is 23.7 Å². The van der Waals surface area contributed by atoms with Gasteiger partial charge in [-0.15, -0.1) is 0 Å². The Kier molecular flexibility index (Phi) is 1.59. The number of allylic oxidation sites excluding steroid dienone is 2. The van der Waals surface area contributed by atoms with Crippen molar-refractivity contribution in [2.75, 3.05) is 0 Å². The Bertz CT molecular complexity index is 180. The highest BCUT2D eigenvalue weighted by Gasteiger charge is 2.43. The van der Waals surface area contributed by atoms with E-state index in [0.717, 1.165) is 11.8 Å². The van der Waals surface area contributed by atoms with E-state index in [4.69, 9.17) is 0 Å². The van der Waals surface area contributed by atoms with Crippen LogP contribution in [0.1, 0.15) is 33.1 Å². The lowest BCUT2D eigenvalue weighted by Gasteiger charge is -2.30. The van der Waals surface area contributed by atoms with Gasteiger partial charge >= 0.3 is 0 Å². The molecule has 11 heavy (non-hydrogen) atoms. The molecule has 0 heterocycles. The topological polar surface area (TPSA) is 0 Å². The van der Waals surface area contributed by atoms with Crippen LogP contribution >= 0.6 is 0 Å². The fourth-order valence-corrected chi connectivity index (χ4v) is 2.69. The summed E-state index contributed by atoms with van der Waals surface area (Å²) in [5, 5.41) is 0. The van der Waals surface area contributed by atoms with Gasteiger partial charge in [-0.05, 0) is 42.9 Å². The summed E-state index contributed by atoms with van der Waals surface area (Å²) in [4.78, 5) is 0. The molecule has 1 radical (unpaired) electrons. The summed E-state index contributed by atoms with van der Waals surface area (Å²) in [6, 6.07) is 0. The van der Waals surface area contributed by atoms with Crippen molar-refractivity contribution in [1.29, 1.82) is 0 Å². The van der Waals surface area contributed by atoms with E-state index >= 15 is 0 Å². The van der Waals surface area contributed by atoms with Crippen LogP contribution in [-0.4, -0.2) is 0 Å². The molecule has 2 aliphatic rings. The zero-order chi connectivity index (χ0) is 7.90. The number of hydrogen-bond donors (Lipinski definition) is 0. The van der Waals surface area contributed by atoms with Gasteiger partial charge in [-0.2, -0.15) is 0 Å². The normalized spacial score (nSPS) is 43.3. The highest BCUT2D eigenvalue weighted by atomic mass is 14.5. The van der Waals surface area contributed by atoms with Gasteiger partial charge in [0, 0.05) is 0 Å². The van der Waals surface area contributed by atoms with E-state index in [0.29, 0.717) is 5.41 Å². The molecule has 0 heteroatoms. The maximum Gasteiger partial charge on any atom is -0.00841 e. The average molecular weight is 149 g/mol. The van der Waals surface area contributed by atoms with Gasteiger partial charge in [0.15, 0.2) is 0 Å². The fourth-order valence-electron chi connectivity index (χ4n) is 2.69. The predicted molar refractivity (Wildman–Crippen MR) is 48.1 cm³/mol. The summed E-state index contributed by atoms with van der Waals surface area (Å²) in [7, 11) is 0. The van der Waals surface area contributed by atoms with Gasteiger partial charge in [0.05, 0.1) is 0 Å². The van der Waals surface area contributed by atoms with Gasteiger partial charge in [0.2, 0.25) is 0 Å². The molecule has 0 nitrogen and oxygen atoms in total. The molecule has 0 aromatic rings. The first-order chi connectivity index (χ1) is 5.27. The van der Waals surface area contributed by atoms with Gasteiger partial charge in [0.25, 0.3) is 0 Å². The second-order valence-electron chi connectivity index (χ2n) is 4.22. The van der Waals surface area contributed by atoms with Crippen molar-refractivity contribution in [3.8, 4) is 0 Å². The first-order valence-corrected chi connectivity index (χ1v) is 4.76. The smallest absolute Gasteiger partial charge is 0.00841 e. The highest BCUT2D eigenvalue weighted by Crippen LogP contribution is 2.54. The molecule has 1 saturated carbocycles. The van der Waals surface area contributed by atoms with Crippen molar-refractivity contribution in [2.45, 2.75) is 33.1 Å². The quantitative estimate of drug-likeness (QED) is 0.529. The minimum atomic E-state index is 0.583. The van der Waals surface area contributed by atoms with E-state index in [1.54, 1.807) is 0 Å². The van der Waals surface area contributed by atoms with Gasteiger partial charge in [-0.1, -0.05) is 26.0 Å². The standard InChI is InChI=1S/C11H17/c1-3-9(2)11-6-4-10(8-11)5-7-11/h3-4,6,9-10H,5,7-8H2,1-2H3. The molecule has 0 saturated heterocycles. The SMILES string of the molecule is C[CH]C(C)C12C=CC(CC1)C2. The van der Waals surface area contributed by atoms with Crippen LogP contribution in [0.3, 0.4) is 0 Å². The first-order valence-electron chi connectivity index (χ1n) is 4.76. The molecule has 1 fully saturated rings. The van der Waals surface area contributed by atoms with Gasteiger partial charge in [-0.3, -0.25) is 0 Å². The third-order valence-electron chi connectivity index (χ3n) is 3.73. The van der Waals surface area contributed by atoms with Crippen molar-refractivity contribution in [2.24, 2.45) is 17.3 Å². The van der Waals surface area contributed by atoms with Crippen molar-refractivity contribution < 1.29 is 0 Å². The molecule has 3 atom stereocenters. The highest BCUT2D eigenvalue weighted by molar-refractivity contribution is 5.18. The minimum Gasteiger partial charge on any atom is -0.0848 e. The van der Waals surface area contributed by atoms with Crippen LogP contribution in [0.5, 0.6) is 0 Å². The van der Waals surface area contributed by atoms with Gasteiger partial charge in [-0.25, -0.2) is 0 Å². The molecule has 0 aromatic heterocycles. The molecule has 0 aliphatic heterocycles. The first kappa shape index (κ1) is 7.39. The largest absolute Gasteiger partial charge is 0.0848 e. The van der Waals surface area contributed by atoms with Crippen molar-refractivity contribution >= 4 is 0 Å². The molecule has 2 rings (SSSR count). The Morgan fingerprint density at radius 2 is 2.45 bits per heavy atom. The number of hydrogen-bond acceptors (Lipinski definition) is 0. The fraction of sp³-hybridized carbons (Fsp3) is 0.727. The predicted octanol–water partition coefficient (Wildman–Crippen LogP) is 3.20.